The van der Waals surface area contributed by atoms with Crippen LogP contribution < -0.4 is 0 Å². The highest BCUT2D eigenvalue weighted by molar-refractivity contribution is 5.97. The molecular weight excluding hydrogens is 238 g/mol. The summed E-state index contributed by atoms with van der Waals surface area (Å²) in [5.41, 5.74) is 2.75. The summed E-state index contributed by atoms with van der Waals surface area (Å²) >= 11 is 0. The molecule has 0 N–H and O–H groups in total. The molecule has 0 saturated carbocycles. The molecule has 0 atom stereocenters. The van der Waals surface area contributed by atoms with Crippen molar-refractivity contribution in [2.24, 2.45) is 0 Å². The molecule has 1 saturated heterocycles. The molecule has 1 fully saturated rings. The Morgan fingerprint density at radius 3 is 2.68 bits per heavy atom. The molecule has 1 aromatic heterocycles. The number of rotatable bonds is 2. The molecule has 0 bridgehead atoms. The second-order valence-corrected chi connectivity index (χ2v) is 5.45. The van der Waals surface area contributed by atoms with E-state index < -0.39 is 0 Å². The van der Waals surface area contributed by atoms with Crippen LogP contribution in [0.5, 0.6) is 0 Å². The first kappa shape index (κ1) is 12.2. The van der Waals surface area contributed by atoms with Crippen molar-refractivity contribution < 1.29 is 4.79 Å². The number of likely N-dealkylation sites (tertiary alicyclic amines) is 1. The fraction of sp³-hybridized carbons (Fsp3) is 0.467. The number of imidazole rings is 1. The lowest BCUT2D eigenvalue weighted by Crippen LogP contribution is -2.27. The second kappa shape index (κ2) is 4.68. The van der Waals surface area contributed by atoms with Crippen molar-refractivity contribution in [3.8, 4) is 0 Å². The molecule has 4 nitrogen and oxygen atoms in total. The maximum atomic E-state index is 12.3. The minimum absolute atomic E-state index is 0.137. The summed E-state index contributed by atoms with van der Waals surface area (Å²) in [7, 11) is 0. The van der Waals surface area contributed by atoms with E-state index in [1.807, 2.05) is 29.4 Å². The summed E-state index contributed by atoms with van der Waals surface area (Å²) in [5, 5.41) is 0. The number of carbonyl (C=O) groups excluding carboxylic acids is 1. The number of nitrogens with zero attached hydrogens (tertiary/aromatic N) is 3. The lowest BCUT2D eigenvalue weighted by Gasteiger charge is -2.15. The van der Waals surface area contributed by atoms with Gasteiger partial charge in [-0.1, -0.05) is 0 Å². The number of benzene rings is 1. The molecule has 4 heteroatoms. The average molecular weight is 257 g/mol. The van der Waals surface area contributed by atoms with Crippen molar-refractivity contribution >= 4 is 16.9 Å². The molecule has 2 aromatic rings. The van der Waals surface area contributed by atoms with E-state index in [1.165, 1.54) is 0 Å². The van der Waals surface area contributed by atoms with Crippen molar-refractivity contribution in [2.45, 2.75) is 32.7 Å². The van der Waals surface area contributed by atoms with Gasteiger partial charge in [-0.05, 0) is 44.9 Å². The van der Waals surface area contributed by atoms with Crippen LogP contribution in [0.3, 0.4) is 0 Å². The zero-order valence-electron chi connectivity index (χ0n) is 11.5. The number of hydrogen-bond acceptors (Lipinski definition) is 2. The van der Waals surface area contributed by atoms with Gasteiger partial charge in [-0.2, -0.15) is 0 Å². The van der Waals surface area contributed by atoms with Crippen LogP contribution in [0, 0.1) is 0 Å². The van der Waals surface area contributed by atoms with Gasteiger partial charge in [-0.3, -0.25) is 4.79 Å². The van der Waals surface area contributed by atoms with E-state index in [0.29, 0.717) is 6.04 Å². The van der Waals surface area contributed by atoms with Gasteiger partial charge in [0.2, 0.25) is 0 Å². The fourth-order valence-electron chi connectivity index (χ4n) is 2.68. The Labute approximate surface area is 113 Å². The summed E-state index contributed by atoms with van der Waals surface area (Å²) in [6.45, 7) is 6.03. The Balaban J connectivity index is 1.95. The van der Waals surface area contributed by atoms with Crippen LogP contribution >= 0.6 is 0 Å². The van der Waals surface area contributed by atoms with E-state index in [0.717, 1.165) is 42.5 Å². The molecule has 1 aliphatic heterocycles. The topological polar surface area (TPSA) is 38.1 Å². The number of aromatic nitrogens is 2. The van der Waals surface area contributed by atoms with Crippen LogP contribution in [0.25, 0.3) is 11.0 Å². The smallest absolute Gasteiger partial charge is 0.253 e. The Bertz CT molecular complexity index is 609. The molecule has 19 heavy (non-hydrogen) atoms. The van der Waals surface area contributed by atoms with Gasteiger partial charge in [-0.25, -0.2) is 4.98 Å². The van der Waals surface area contributed by atoms with Gasteiger partial charge >= 0.3 is 0 Å². The van der Waals surface area contributed by atoms with Gasteiger partial charge in [0.25, 0.3) is 5.91 Å². The first-order chi connectivity index (χ1) is 9.16. The minimum atomic E-state index is 0.137. The third kappa shape index (κ3) is 2.11. The van der Waals surface area contributed by atoms with Crippen LogP contribution in [0.4, 0.5) is 0 Å². The van der Waals surface area contributed by atoms with Gasteiger partial charge in [0.05, 0.1) is 17.4 Å². The molecule has 2 heterocycles. The standard InChI is InChI=1S/C15H19N3O/c1-11(2)18-10-16-13-9-12(5-6-14(13)18)15(19)17-7-3-4-8-17/h5-6,9-11H,3-4,7-8H2,1-2H3. The molecule has 1 amide bonds. The van der Waals surface area contributed by atoms with Crippen molar-refractivity contribution in [3.63, 3.8) is 0 Å². The minimum Gasteiger partial charge on any atom is -0.339 e. The van der Waals surface area contributed by atoms with Crippen LogP contribution in [0.1, 0.15) is 43.1 Å². The monoisotopic (exact) mass is 257 g/mol. The molecule has 3 rings (SSSR count). The van der Waals surface area contributed by atoms with E-state index in [1.54, 1.807) is 0 Å². The third-order valence-corrected chi connectivity index (χ3v) is 3.77. The molecular formula is C15H19N3O. The Morgan fingerprint density at radius 2 is 2.00 bits per heavy atom. The molecule has 1 aliphatic rings. The lowest BCUT2D eigenvalue weighted by molar-refractivity contribution is 0.0793. The van der Waals surface area contributed by atoms with Crippen molar-refractivity contribution in [2.75, 3.05) is 13.1 Å². The maximum absolute atomic E-state index is 12.3. The van der Waals surface area contributed by atoms with Crippen molar-refractivity contribution in [1.82, 2.24) is 14.5 Å². The highest BCUT2D eigenvalue weighted by Gasteiger charge is 2.20. The highest BCUT2D eigenvalue weighted by Crippen LogP contribution is 2.20. The molecule has 100 valence electrons. The first-order valence-corrected chi connectivity index (χ1v) is 6.92. The van der Waals surface area contributed by atoms with Crippen molar-refractivity contribution in [1.29, 1.82) is 0 Å². The number of carbonyl (C=O) groups is 1. The number of fused-ring (bicyclic) bond motifs is 1. The van der Waals surface area contributed by atoms with Gasteiger partial charge in [0, 0.05) is 24.7 Å². The highest BCUT2D eigenvalue weighted by atomic mass is 16.2. The molecule has 0 radical (unpaired) electrons. The zero-order valence-corrected chi connectivity index (χ0v) is 11.5. The van der Waals surface area contributed by atoms with Crippen LogP contribution in [0.15, 0.2) is 24.5 Å². The van der Waals surface area contributed by atoms with E-state index >= 15 is 0 Å². The normalized spacial score (nSPS) is 15.6. The van der Waals surface area contributed by atoms with E-state index in [4.69, 9.17) is 0 Å². The zero-order chi connectivity index (χ0) is 13.4. The van der Waals surface area contributed by atoms with E-state index in [-0.39, 0.29) is 5.91 Å². The summed E-state index contributed by atoms with van der Waals surface area (Å²) in [6, 6.07) is 6.22. The summed E-state index contributed by atoms with van der Waals surface area (Å²) in [4.78, 5) is 18.7. The predicted molar refractivity (Wildman–Crippen MR) is 75.3 cm³/mol. The Morgan fingerprint density at radius 1 is 1.26 bits per heavy atom. The molecule has 0 aliphatic carbocycles. The number of amides is 1. The third-order valence-electron chi connectivity index (χ3n) is 3.77. The molecule has 0 unspecified atom stereocenters. The van der Waals surface area contributed by atoms with Crippen LogP contribution in [-0.4, -0.2) is 33.4 Å². The lowest BCUT2D eigenvalue weighted by atomic mass is 10.1. The first-order valence-electron chi connectivity index (χ1n) is 6.92. The van der Waals surface area contributed by atoms with Gasteiger partial charge in [-0.15, -0.1) is 0 Å². The van der Waals surface area contributed by atoms with Gasteiger partial charge < -0.3 is 9.47 Å². The average Bonchev–Trinajstić information content (AvgIpc) is 3.06. The van der Waals surface area contributed by atoms with Crippen LogP contribution in [-0.2, 0) is 0 Å². The largest absolute Gasteiger partial charge is 0.339 e. The van der Waals surface area contributed by atoms with Gasteiger partial charge in [0.1, 0.15) is 0 Å². The number of hydrogen-bond donors (Lipinski definition) is 0. The molecule has 0 spiro atoms. The summed E-state index contributed by atoms with van der Waals surface area (Å²) in [5.74, 6) is 0.137. The second-order valence-electron chi connectivity index (χ2n) is 5.45. The fourth-order valence-corrected chi connectivity index (χ4v) is 2.68. The predicted octanol–water partition coefficient (Wildman–Crippen LogP) is 2.85. The van der Waals surface area contributed by atoms with Crippen molar-refractivity contribution in [3.05, 3.63) is 30.1 Å². The summed E-state index contributed by atoms with van der Waals surface area (Å²) in [6.07, 6.45) is 4.09. The maximum Gasteiger partial charge on any atom is 0.253 e. The van der Waals surface area contributed by atoms with E-state index in [2.05, 4.69) is 23.4 Å². The van der Waals surface area contributed by atoms with E-state index in [9.17, 15) is 4.79 Å². The molecule has 1 aromatic carbocycles. The Hall–Kier alpha value is -1.84. The SMILES string of the molecule is CC(C)n1cnc2cc(C(=O)N3CCCC3)ccc21. The quantitative estimate of drug-likeness (QED) is 0.829. The van der Waals surface area contributed by atoms with Gasteiger partial charge in [0.15, 0.2) is 0 Å². The summed E-state index contributed by atoms with van der Waals surface area (Å²) < 4.78 is 2.12. The van der Waals surface area contributed by atoms with Crippen LogP contribution in [0.2, 0.25) is 0 Å². The Kier molecular flexibility index (Phi) is 3.01.